The van der Waals surface area contributed by atoms with Gasteiger partial charge in [0.25, 0.3) is 0 Å². The zero-order valence-electron chi connectivity index (χ0n) is 10.7. The summed E-state index contributed by atoms with van der Waals surface area (Å²) in [5.41, 5.74) is 2.16. The number of hydrogen-bond acceptors (Lipinski definition) is 3. The minimum atomic E-state index is -1.59. The average molecular weight is 266 g/mol. The maximum Gasteiger partial charge on any atom is 0.334 e. The number of aliphatic carboxylic acids is 1. The molecule has 1 atom stereocenters. The quantitative estimate of drug-likeness (QED) is 0.602. The van der Waals surface area contributed by atoms with E-state index in [1.807, 2.05) is 31.2 Å². The lowest BCUT2D eigenvalue weighted by Gasteiger charge is -2.11. The number of amides is 2. The van der Waals surface area contributed by atoms with Gasteiger partial charge in [0.1, 0.15) is 0 Å². The Morgan fingerprint density at radius 1 is 1.21 bits per heavy atom. The number of nitrogens with one attached hydrogen (secondary N) is 2. The molecule has 0 saturated carbocycles. The molecule has 0 aliphatic rings. The number of benzene rings is 1. The van der Waals surface area contributed by atoms with E-state index in [1.54, 1.807) is 0 Å². The first-order chi connectivity index (χ1) is 9.04. The van der Waals surface area contributed by atoms with Gasteiger partial charge in [-0.25, -0.2) is 9.59 Å². The summed E-state index contributed by atoms with van der Waals surface area (Å²) in [4.78, 5) is 21.8. The molecule has 1 rings (SSSR count). The molecule has 0 unspecified atom stereocenters. The molecule has 4 N–H and O–H groups in total. The highest BCUT2D eigenvalue weighted by Gasteiger charge is 2.13. The molecule has 0 saturated heterocycles. The van der Waals surface area contributed by atoms with E-state index in [9.17, 15) is 9.59 Å². The highest BCUT2D eigenvalue weighted by atomic mass is 16.4. The molecular weight excluding hydrogens is 248 g/mol. The molecule has 0 aliphatic carbocycles. The van der Waals surface area contributed by atoms with Crippen LogP contribution >= 0.6 is 0 Å². The first-order valence-electron chi connectivity index (χ1n) is 6.04. The van der Waals surface area contributed by atoms with Gasteiger partial charge in [-0.05, 0) is 17.5 Å². The number of rotatable bonds is 6. The van der Waals surface area contributed by atoms with Crippen LogP contribution in [0.3, 0.4) is 0 Å². The Kier molecular flexibility index (Phi) is 5.81. The van der Waals surface area contributed by atoms with Crippen LogP contribution in [0.1, 0.15) is 18.1 Å². The Balaban J connectivity index is 2.40. The second kappa shape index (κ2) is 7.38. The van der Waals surface area contributed by atoms with Crippen molar-refractivity contribution < 1.29 is 19.8 Å². The van der Waals surface area contributed by atoms with E-state index >= 15 is 0 Å². The third kappa shape index (κ3) is 4.97. The van der Waals surface area contributed by atoms with E-state index in [0.29, 0.717) is 6.54 Å². The number of carboxylic acids is 1. The second-order valence-corrected chi connectivity index (χ2v) is 4.04. The Morgan fingerprint density at radius 2 is 1.84 bits per heavy atom. The summed E-state index contributed by atoms with van der Waals surface area (Å²) in [6.45, 7) is 2.07. The van der Waals surface area contributed by atoms with Crippen LogP contribution in [-0.4, -0.2) is 34.9 Å². The van der Waals surface area contributed by atoms with Gasteiger partial charge in [0.05, 0.1) is 6.54 Å². The van der Waals surface area contributed by atoms with Crippen LogP contribution in [0.2, 0.25) is 0 Å². The van der Waals surface area contributed by atoms with Gasteiger partial charge in [0.2, 0.25) is 0 Å². The number of aryl methyl sites for hydroxylation is 1. The zero-order chi connectivity index (χ0) is 14.3. The van der Waals surface area contributed by atoms with E-state index in [-0.39, 0.29) is 6.54 Å². The number of aliphatic hydroxyl groups is 1. The summed E-state index contributed by atoms with van der Waals surface area (Å²) in [5, 5.41) is 22.4. The van der Waals surface area contributed by atoms with Gasteiger partial charge in [-0.2, -0.15) is 0 Å². The molecule has 0 bridgehead atoms. The minimum absolute atomic E-state index is 0.323. The van der Waals surface area contributed by atoms with Gasteiger partial charge in [-0.3, -0.25) is 0 Å². The van der Waals surface area contributed by atoms with Crippen molar-refractivity contribution in [1.82, 2.24) is 10.6 Å². The predicted molar refractivity (Wildman–Crippen MR) is 69.7 cm³/mol. The molecule has 0 aromatic heterocycles. The monoisotopic (exact) mass is 266 g/mol. The van der Waals surface area contributed by atoms with E-state index in [0.717, 1.165) is 17.5 Å². The maximum atomic E-state index is 11.4. The second-order valence-electron chi connectivity index (χ2n) is 4.04. The van der Waals surface area contributed by atoms with Crippen molar-refractivity contribution in [3.05, 3.63) is 35.4 Å². The van der Waals surface area contributed by atoms with Crippen LogP contribution in [0.25, 0.3) is 0 Å². The van der Waals surface area contributed by atoms with Gasteiger partial charge in [-0.15, -0.1) is 0 Å². The van der Waals surface area contributed by atoms with Crippen molar-refractivity contribution in [2.24, 2.45) is 0 Å². The summed E-state index contributed by atoms with van der Waals surface area (Å²) in [6, 6.07) is 7.23. The number of hydrogen-bond donors (Lipinski definition) is 4. The summed E-state index contributed by atoms with van der Waals surface area (Å²) >= 11 is 0. The molecule has 104 valence electrons. The minimum Gasteiger partial charge on any atom is -0.479 e. The first-order valence-corrected chi connectivity index (χ1v) is 6.04. The van der Waals surface area contributed by atoms with E-state index in [1.165, 1.54) is 0 Å². The predicted octanol–water partition coefficient (Wildman–Crippen LogP) is 0.494. The summed E-state index contributed by atoms with van der Waals surface area (Å²) in [7, 11) is 0. The van der Waals surface area contributed by atoms with Gasteiger partial charge >= 0.3 is 12.0 Å². The van der Waals surface area contributed by atoms with Crippen LogP contribution in [-0.2, 0) is 17.8 Å². The molecule has 6 nitrogen and oxygen atoms in total. The lowest BCUT2D eigenvalue weighted by atomic mass is 10.1. The summed E-state index contributed by atoms with van der Waals surface area (Å²) in [5.74, 6) is -1.36. The Morgan fingerprint density at radius 3 is 2.42 bits per heavy atom. The molecule has 0 heterocycles. The topological polar surface area (TPSA) is 98.7 Å². The van der Waals surface area contributed by atoms with Crippen LogP contribution < -0.4 is 10.6 Å². The third-order valence-electron chi connectivity index (χ3n) is 2.68. The lowest BCUT2D eigenvalue weighted by Crippen LogP contribution is -2.41. The highest BCUT2D eigenvalue weighted by molar-refractivity contribution is 5.76. The molecule has 0 spiro atoms. The van der Waals surface area contributed by atoms with E-state index < -0.39 is 18.1 Å². The number of aliphatic hydroxyl groups excluding tert-OH is 1. The van der Waals surface area contributed by atoms with Crippen LogP contribution in [0.4, 0.5) is 4.79 Å². The van der Waals surface area contributed by atoms with Crippen molar-refractivity contribution >= 4 is 12.0 Å². The fourth-order valence-electron chi connectivity index (χ4n) is 1.59. The van der Waals surface area contributed by atoms with Crippen molar-refractivity contribution in [2.45, 2.75) is 26.0 Å². The number of carbonyl (C=O) groups is 2. The molecule has 0 radical (unpaired) electrons. The third-order valence-corrected chi connectivity index (χ3v) is 2.68. The molecule has 6 heteroatoms. The zero-order valence-corrected chi connectivity index (χ0v) is 10.7. The van der Waals surface area contributed by atoms with Crippen LogP contribution in [0.15, 0.2) is 24.3 Å². The summed E-state index contributed by atoms with van der Waals surface area (Å²) < 4.78 is 0. The largest absolute Gasteiger partial charge is 0.479 e. The standard InChI is InChI=1S/C13H18N2O4/c1-2-9-5-3-4-6-10(9)7-14-13(19)15-8-11(16)12(17)18/h3-6,11,16H,2,7-8H2,1H3,(H,17,18)(H2,14,15,19)/t11-/m0/s1. The van der Waals surface area contributed by atoms with Gasteiger partial charge in [0, 0.05) is 6.54 Å². The fraction of sp³-hybridized carbons (Fsp3) is 0.385. The van der Waals surface area contributed by atoms with Gasteiger partial charge in [-0.1, -0.05) is 31.2 Å². The molecule has 2 amide bonds. The smallest absolute Gasteiger partial charge is 0.334 e. The van der Waals surface area contributed by atoms with E-state index in [2.05, 4.69) is 10.6 Å². The Hall–Kier alpha value is -2.08. The highest BCUT2D eigenvalue weighted by Crippen LogP contribution is 2.08. The summed E-state index contributed by atoms with van der Waals surface area (Å²) in [6.07, 6.45) is -0.717. The van der Waals surface area contributed by atoms with Gasteiger partial charge < -0.3 is 20.8 Å². The molecule has 1 aromatic rings. The number of carbonyl (C=O) groups excluding carboxylic acids is 1. The first kappa shape index (κ1) is 15.0. The van der Waals surface area contributed by atoms with E-state index in [4.69, 9.17) is 10.2 Å². The Labute approximate surface area is 111 Å². The van der Waals surface area contributed by atoms with Crippen LogP contribution in [0, 0.1) is 0 Å². The van der Waals surface area contributed by atoms with Crippen molar-refractivity contribution in [3.63, 3.8) is 0 Å². The lowest BCUT2D eigenvalue weighted by molar-refractivity contribution is -0.146. The fourth-order valence-corrected chi connectivity index (χ4v) is 1.59. The van der Waals surface area contributed by atoms with Crippen molar-refractivity contribution in [3.8, 4) is 0 Å². The number of urea groups is 1. The molecule has 19 heavy (non-hydrogen) atoms. The molecule has 1 aromatic carbocycles. The van der Waals surface area contributed by atoms with Crippen molar-refractivity contribution in [2.75, 3.05) is 6.54 Å². The molecule has 0 aliphatic heterocycles. The Bertz CT molecular complexity index is 448. The van der Waals surface area contributed by atoms with Crippen molar-refractivity contribution in [1.29, 1.82) is 0 Å². The van der Waals surface area contributed by atoms with Gasteiger partial charge in [0.15, 0.2) is 6.10 Å². The number of carboxylic acid groups (broad SMARTS) is 1. The maximum absolute atomic E-state index is 11.4. The molecule has 0 fully saturated rings. The van der Waals surface area contributed by atoms with Crippen LogP contribution in [0.5, 0.6) is 0 Å². The average Bonchev–Trinajstić information content (AvgIpc) is 2.42. The SMILES string of the molecule is CCc1ccccc1CNC(=O)NC[C@H](O)C(=O)O. The normalized spacial score (nSPS) is 11.7. The molecular formula is C13H18N2O4.